The van der Waals surface area contributed by atoms with Crippen LogP contribution in [0.1, 0.15) is 11.1 Å². The van der Waals surface area contributed by atoms with E-state index in [1.165, 1.54) is 16.8 Å². The van der Waals surface area contributed by atoms with Gasteiger partial charge < -0.3 is 5.01 Å². The largest absolute Gasteiger partial charge is 0.310 e. The predicted octanol–water partition coefficient (Wildman–Crippen LogP) is 1.99. The van der Waals surface area contributed by atoms with Crippen LogP contribution >= 0.6 is 15.9 Å². The molecule has 0 aromatic heterocycles. The Kier molecular flexibility index (Phi) is 1.85. The zero-order chi connectivity index (χ0) is 8.72. The molecule has 12 heavy (non-hydrogen) atoms. The van der Waals surface area contributed by atoms with E-state index in [1.807, 2.05) is 5.01 Å². The van der Waals surface area contributed by atoms with E-state index in [9.17, 15) is 0 Å². The number of halogens is 1. The Labute approximate surface area is 80.5 Å². The van der Waals surface area contributed by atoms with Crippen molar-refractivity contribution in [3.8, 4) is 0 Å². The van der Waals surface area contributed by atoms with Gasteiger partial charge in [-0.3, -0.25) is 0 Å². The van der Waals surface area contributed by atoms with Gasteiger partial charge in [0.25, 0.3) is 0 Å². The molecule has 0 saturated heterocycles. The SMILES string of the molecule is Cc1c(Br)ccc2c1N(N)CC2. The minimum atomic E-state index is 0.937. The summed E-state index contributed by atoms with van der Waals surface area (Å²) in [5, 5.41) is 1.83. The summed E-state index contributed by atoms with van der Waals surface area (Å²) < 4.78 is 1.14. The second kappa shape index (κ2) is 2.75. The van der Waals surface area contributed by atoms with E-state index in [0.29, 0.717) is 0 Å². The molecule has 0 bridgehead atoms. The minimum Gasteiger partial charge on any atom is -0.310 e. The maximum atomic E-state index is 5.83. The highest BCUT2D eigenvalue weighted by Gasteiger charge is 2.19. The third-order valence-corrected chi connectivity index (χ3v) is 3.22. The molecule has 0 saturated carbocycles. The number of rotatable bonds is 0. The number of fused-ring (bicyclic) bond motifs is 1. The Balaban J connectivity index is 2.63. The van der Waals surface area contributed by atoms with Gasteiger partial charge in [0, 0.05) is 11.0 Å². The topological polar surface area (TPSA) is 29.3 Å². The lowest BCUT2D eigenvalue weighted by molar-refractivity contribution is 0.889. The molecule has 1 heterocycles. The van der Waals surface area contributed by atoms with Gasteiger partial charge in [-0.25, -0.2) is 5.84 Å². The first-order valence-corrected chi connectivity index (χ1v) is 4.79. The first kappa shape index (κ1) is 8.08. The standard InChI is InChI=1S/C9H11BrN2/c1-6-8(10)3-2-7-4-5-12(11)9(6)7/h2-3H,4-5,11H2,1H3. The van der Waals surface area contributed by atoms with E-state index in [4.69, 9.17) is 5.84 Å². The zero-order valence-electron chi connectivity index (χ0n) is 6.97. The van der Waals surface area contributed by atoms with E-state index < -0.39 is 0 Å². The van der Waals surface area contributed by atoms with Crippen molar-refractivity contribution in [3.05, 3.63) is 27.7 Å². The second-order valence-electron chi connectivity index (χ2n) is 3.12. The van der Waals surface area contributed by atoms with Crippen LogP contribution in [0.3, 0.4) is 0 Å². The van der Waals surface area contributed by atoms with Crippen LogP contribution in [0.2, 0.25) is 0 Å². The van der Waals surface area contributed by atoms with Crippen molar-refractivity contribution in [3.63, 3.8) is 0 Å². The molecule has 2 rings (SSSR count). The van der Waals surface area contributed by atoms with Gasteiger partial charge in [-0.15, -0.1) is 0 Å². The summed E-state index contributed by atoms with van der Waals surface area (Å²) in [6.07, 6.45) is 1.07. The van der Waals surface area contributed by atoms with Crippen LogP contribution < -0.4 is 10.9 Å². The van der Waals surface area contributed by atoms with Crippen LogP contribution in [0.5, 0.6) is 0 Å². The highest BCUT2D eigenvalue weighted by molar-refractivity contribution is 9.10. The summed E-state index contributed by atoms with van der Waals surface area (Å²) in [5.41, 5.74) is 3.80. The van der Waals surface area contributed by atoms with E-state index in [0.717, 1.165) is 17.4 Å². The second-order valence-corrected chi connectivity index (χ2v) is 3.98. The van der Waals surface area contributed by atoms with Crippen LogP contribution in [0, 0.1) is 6.92 Å². The molecular weight excluding hydrogens is 216 g/mol. The van der Waals surface area contributed by atoms with Crippen LogP contribution in [0.25, 0.3) is 0 Å². The van der Waals surface area contributed by atoms with Crippen LogP contribution in [-0.2, 0) is 6.42 Å². The van der Waals surface area contributed by atoms with Crippen molar-refractivity contribution in [1.29, 1.82) is 0 Å². The normalized spacial score (nSPS) is 15.1. The van der Waals surface area contributed by atoms with E-state index in [1.54, 1.807) is 0 Å². The fourth-order valence-corrected chi connectivity index (χ4v) is 2.01. The van der Waals surface area contributed by atoms with Gasteiger partial charge in [0.2, 0.25) is 0 Å². The van der Waals surface area contributed by atoms with E-state index >= 15 is 0 Å². The van der Waals surface area contributed by atoms with Crippen molar-refractivity contribution < 1.29 is 0 Å². The average molecular weight is 227 g/mol. The summed E-state index contributed by atoms with van der Waals surface area (Å²) in [5.74, 6) is 5.83. The van der Waals surface area contributed by atoms with Gasteiger partial charge in [-0.2, -0.15) is 0 Å². The van der Waals surface area contributed by atoms with Crippen molar-refractivity contribution in [2.45, 2.75) is 13.3 Å². The van der Waals surface area contributed by atoms with Gasteiger partial charge in [0.15, 0.2) is 0 Å². The molecule has 1 aromatic carbocycles. The maximum absolute atomic E-state index is 5.83. The van der Waals surface area contributed by atoms with Gasteiger partial charge in [0.1, 0.15) is 0 Å². The van der Waals surface area contributed by atoms with Crippen molar-refractivity contribution >= 4 is 21.6 Å². The third kappa shape index (κ3) is 1.04. The Morgan fingerprint density at radius 2 is 2.25 bits per heavy atom. The van der Waals surface area contributed by atoms with E-state index in [2.05, 4.69) is 35.0 Å². The summed E-state index contributed by atoms with van der Waals surface area (Å²) in [4.78, 5) is 0. The van der Waals surface area contributed by atoms with Gasteiger partial charge >= 0.3 is 0 Å². The molecule has 1 aliphatic heterocycles. The fraction of sp³-hybridized carbons (Fsp3) is 0.333. The number of nitrogens with two attached hydrogens (primary N) is 1. The molecule has 3 heteroatoms. The summed E-state index contributed by atoms with van der Waals surface area (Å²) in [6.45, 7) is 3.03. The van der Waals surface area contributed by atoms with E-state index in [-0.39, 0.29) is 0 Å². The number of hydrogen-bond donors (Lipinski definition) is 1. The molecule has 0 aliphatic carbocycles. The van der Waals surface area contributed by atoms with Crippen LogP contribution in [-0.4, -0.2) is 6.54 Å². The Morgan fingerprint density at radius 3 is 3.00 bits per heavy atom. The molecule has 64 valence electrons. The first-order chi connectivity index (χ1) is 5.70. The van der Waals surface area contributed by atoms with Crippen molar-refractivity contribution in [2.24, 2.45) is 5.84 Å². The molecule has 0 spiro atoms. The smallest absolute Gasteiger partial charge is 0.0590 e. The van der Waals surface area contributed by atoms with Gasteiger partial charge in [0.05, 0.1) is 5.69 Å². The molecule has 0 unspecified atom stereocenters. The average Bonchev–Trinajstić information content (AvgIpc) is 2.41. The monoisotopic (exact) mass is 226 g/mol. The molecule has 1 aliphatic rings. The summed E-state index contributed by atoms with van der Waals surface area (Å²) >= 11 is 3.49. The Morgan fingerprint density at radius 1 is 1.50 bits per heavy atom. The molecule has 0 amide bonds. The maximum Gasteiger partial charge on any atom is 0.0590 e. The number of hydrogen-bond acceptors (Lipinski definition) is 2. The lowest BCUT2D eigenvalue weighted by atomic mass is 10.1. The molecule has 0 atom stereocenters. The Hall–Kier alpha value is -0.540. The molecule has 2 nitrogen and oxygen atoms in total. The third-order valence-electron chi connectivity index (χ3n) is 2.36. The highest BCUT2D eigenvalue weighted by Crippen LogP contribution is 2.33. The number of nitrogens with zero attached hydrogens (tertiary/aromatic N) is 1. The molecular formula is C9H11BrN2. The molecule has 0 radical (unpaired) electrons. The quantitative estimate of drug-likeness (QED) is 0.687. The lowest BCUT2D eigenvalue weighted by Gasteiger charge is -2.14. The lowest BCUT2D eigenvalue weighted by Crippen LogP contribution is -2.28. The summed E-state index contributed by atoms with van der Waals surface area (Å²) in [7, 11) is 0. The molecule has 1 aromatic rings. The number of benzene rings is 1. The van der Waals surface area contributed by atoms with Gasteiger partial charge in [-0.05, 0) is 30.5 Å². The number of hydrazine groups is 1. The van der Waals surface area contributed by atoms with Crippen molar-refractivity contribution in [1.82, 2.24) is 0 Å². The van der Waals surface area contributed by atoms with Gasteiger partial charge in [-0.1, -0.05) is 22.0 Å². The minimum absolute atomic E-state index is 0.937. The zero-order valence-corrected chi connectivity index (χ0v) is 8.56. The van der Waals surface area contributed by atoms with Crippen LogP contribution in [0.4, 0.5) is 5.69 Å². The predicted molar refractivity (Wildman–Crippen MR) is 54.1 cm³/mol. The number of anilines is 1. The molecule has 2 N–H and O–H groups in total. The highest BCUT2D eigenvalue weighted by atomic mass is 79.9. The summed E-state index contributed by atoms with van der Waals surface area (Å²) in [6, 6.07) is 4.23. The fourth-order valence-electron chi connectivity index (χ4n) is 1.69. The van der Waals surface area contributed by atoms with Crippen LogP contribution in [0.15, 0.2) is 16.6 Å². The van der Waals surface area contributed by atoms with Crippen molar-refractivity contribution in [2.75, 3.05) is 11.6 Å². The molecule has 0 fully saturated rings. The first-order valence-electron chi connectivity index (χ1n) is 4.00. The Bertz CT molecular complexity index is 323.